The van der Waals surface area contributed by atoms with Crippen molar-refractivity contribution in [3.63, 3.8) is 0 Å². The van der Waals surface area contributed by atoms with Gasteiger partial charge in [0.15, 0.2) is 0 Å². The van der Waals surface area contributed by atoms with E-state index < -0.39 is 14.3 Å². The van der Waals surface area contributed by atoms with E-state index in [1.165, 1.54) is 13.0 Å². The largest absolute Gasteiger partial charge is 0.518 e. The summed E-state index contributed by atoms with van der Waals surface area (Å²) in [5.41, 5.74) is 0.900. The molecular weight excluding hydrogens is 284 g/mol. The Bertz CT molecular complexity index is 378. The minimum atomic E-state index is -2.16. The molecule has 0 aromatic heterocycles. The van der Waals surface area contributed by atoms with Gasteiger partial charge in [-0.05, 0) is 24.1 Å². The lowest BCUT2D eigenvalue weighted by atomic mass is 10.2. The van der Waals surface area contributed by atoms with Gasteiger partial charge in [0.25, 0.3) is 14.3 Å². The molecule has 0 fully saturated rings. The fourth-order valence-corrected chi connectivity index (χ4v) is 7.04. The van der Waals surface area contributed by atoms with Gasteiger partial charge in [0.1, 0.15) is 0 Å². The van der Waals surface area contributed by atoms with Crippen LogP contribution in [0.5, 0.6) is 0 Å². The molecule has 0 aliphatic carbocycles. The van der Waals surface area contributed by atoms with Gasteiger partial charge in [-0.3, -0.25) is 4.79 Å². The van der Waals surface area contributed by atoms with Crippen molar-refractivity contribution >= 4 is 20.3 Å². The summed E-state index contributed by atoms with van der Waals surface area (Å²) in [4.78, 5) is 22.9. The van der Waals surface area contributed by atoms with E-state index in [0.717, 1.165) is 18.9 Å². The fraction of sp³-hybridized carbons (Fsp3) is 0.750. The molecule has 0 amide bonds. The van der Waals surface area contributed by atoms with Gasteiger partial charge in [-0.15, -0.1) is 0 Å². The Morgan fingerprint density at radius 1 is 1.19 bits per heavy atom. The minimum absolute atomic E-state index is 0.0401. The summed E-state index contributed by atoms with van der Waals surface area (Å²) >= 11 is 0. The van der Waals surface area contributed by atoms with Gasteiger partial charge in [0.05, 0.1) is 6.42 Å². The zero-order valence-electron chi connectivity index (χ0n) is 14.2. The predicted molar refractivity (Wildman–Crippen MR) is 87.8 cm³/mol. The molecule has 0 spiro atoms. The monoisotopic (exact) mass is 314 g/mol. The first-order valence-electron chi connectivity index (χ1n) is 7.79. The highest BCUT2D eigenvalue weighted by atomic mass is 28.4. The van der Waals surface area contributed by atoms with E-state index in [9.17, 15) is 9.59 Å². The summed E-state index contributed by atoms with van der Waals surface area (Å²) < 4.78 is 5.96. The lowest BCUT2D eigenvalue weighted by Gasteiger charge is -2.38. The number of carboxylic acids is 1. The summed E-state index contributed by atoms with van der Waals surface area (Å²) in [7, 11) is -2.16. The molecule has 0 atom stereocenters. The molecule has 0 saturated carbocycles. The Balaban J connectivity index is 5.00. The molecule has 0 aromatic rings. The van der Waals surface area contributed by atoms with Crippen LogP contribution in [0.25, 0.3) is 0 Å². The minimum Gasteiger partial charge on any atom is -0.518 e. The average molecular weight is 314 g/mol. The Morgan fingerprint density at radius 3 is 2.10 bits per heavy atom. The van der Waals surface area contributed by atoms with Gasteiger partial charge in [-0.2, -0.15) is 0 Å². The number of carbonyl (C=O) groups is 2. The van der Waals surface area contributed by atoms with Crippen molar-refractivity contribution in [1.82, 2.24) is 0 Å². The van der Waals surface area contributed by atoms with Crippen LogP contribution >= 0.6 is 0 Å². The summed E-state index contributed by atoms with van der Waals surface area (Å²) in [6.45, 7) is 12.2. The quantitative estimate of drug-likeness (QED) is 0.502. The second-order valence-corrected chi connectivity index (χ2v) is 11.2. The Labute approximate surface area is 129 Å². The highest BCUT2D eigenvalue weighted by molar-refractivity contribution is 6.77. The number of hydrogen-bond donors (Lipinski definition) is 1. The van der Waals surface area contributed by atoms with Crippen molar-refractivity contribution in [2.75, 3.05) is 0 Å². The fourth-order valence-electron chi connectivity index (χ4n) is 2.56. The lowest BCUT2D eigenvalue weighted by molar-refractivity contribution is -0.134. The maximum Gasteiger partial charge on any atom is 0.330 e. The summed E-state index contributed by atoms with van der Waals surface area (Å²) in [5, 5.41) is 8.81. The maximum absolute atomic E-state index is 12.1. The van der Waals surface area contributed by atoms with Crippen LogP contribution in [0.4, 0.5) is 0 Å². The van der Waals surface area contributed by atoms with Crippen molar-refractivity contribution in [3.05, 3.63) is 11.6 Å². The average Bonchev–Trinajstić information content (AvgIpc) is 2.39. The van der Waals surface area contributed by atoms with Crippen molar-refractivity contribution < 1.29 is 19.1 Å². The van der Waals surface area contributed by atoms with Gasteiger partial charge >= 0.3 is 5.97 Å². The third-order valence-corrected chi connectivity index (χ3v) is 9.74. The second-order valence-electron chi connectivity index (χ2n) is 6.24. The number of carboxylic acid groups (broad SMARTS) is 1. The molecule has 122 valence electrons. The van der Waals surface area contributed by atoms with E-state index in [4.69, 9.17) is 9.53 Å². The van der Waals surface area contributed by atoms with Crippen molar-refractivity contribution in [3.8, 4) is 0 Å². The molecule has 0 radical (unpaired) electrons. The number of unbranched alkanes of at least 4 members (excludes halogenated alkanes) is 1. The molecule has 0 aliphatic rings. The highest BCUT2D eigenvalue weighted by Gasteiger charge is 2.44. The molecule has 4 nitrogen and oxygen atoms in total. The lowest BCUT2D eigenvalue weighted by Crippen LogP contribution is -2.46. The van der Waals surface area contributed by atoms with Crippen LogP contribution in [0.1, 0.15) is 60.8 Å². The molecule has 0 saturated heterocycles. The van der Waals surface area contributed by atoms with Crippen LogP contribution in [0.15, 0.2) is 11.6 Å². The zero-order valence-corrected chi connectivity index (χ0v) is 15.2. The zero-order chi connectivity index (χ0) is 16.6. The Kier molecular flexibility index (Phi) is 8.55. The van der Waals surface area contributed by atoms with Gasteiger partial charge in [0, 0.05) is 5.57 Å². The van der Waals surface area contributed by atoms with Gasteiger partial charge < -0.3 is 9.53 Å². The number of aliphatic carboxylic acids is 1. The SMILES string of the molecule is CCCC[Si](OC(=O)CC=C(C)C(=O)O)(C(C)C)C(C)C. The third kappa shape index (κ3) is 6.04. The number of hydrogen-bond acceptors (Lipinski definition) is 3. The van der Waals surface area contributed by atoms with Gasteiger partial charge in [-0.1, -0.05) is 53.5 Å². The van der Waals surface area contributed by atoms with Gasteiger partial charge in [-0.25, -0.2) is 4.79 Å². The topological polar surface area (TPSA) is 63.6 Å². The van der Waals surface area contributed by atoms with Crippen LogP contribution in [0, 0.1) is 0 Å². The third-order valence-electron chi connectivity index (χ3n) is 4.09. The van der Waals surface area contributed by atoms with E-state index >= 15 is 0 Å². The Morgan fingerprint density at radius 2 is 1.71 bits per heavy atom. The second kappa shape index (κ2) is 9.03. The molecule has 0 rings (SSSR count). The van der Waals surface area contributed by atoms with E-state index in [2.05, 4.69) is 34.6 Å². The normalized spacial score (nSPS) is 12.9. The van der Waals surface area contributed by atoms with E-state index in [0.29, 0.717) is 11.1 Å². The number of carbonyl (C=O) groups excluding carboxylic acids is 1. The molecule has 0 aromatic carbocycles. The first-order chi connectivity index (χ1) is 9.67. The highest BCUT2D eigenvalue weighted by Crippen LogP contribution is 2.38. The van der Waals surface area contributed by atoms with Crippen molar-refractivity contribution in [2.24, 2.45) is 0 Å². The molecule has 0 unspecified atom stereocenters. The summed E-state index contributed by atoms with van der Waals surface area (Å²) in [6.07, 6.45) is 3.63. The molecule has 5 heteroatoms. The first kappa shape index (κ1) is 19.9. The number of rotatable bonds is 9. The molecular formula is C16H30O4Si. The molecule has 21 heavy (non-hydrogen) atoms. The van der Waals surface area contributed by atoms with Crippen LogP contribution < -0.4 is 0 Å². The van der Waals surface area contributed by atoms with E-state index in [1.807, 2.05) is 0 Å². The first-order valence-corrected chi connectivity index (χ1v) is 10.1. The van der Waals surface area contributed by atoms with Crippen molar-refractivity contribution in [2.45, 2.75) is 77.9 Å². The van der Waals surface area contributed by atoms with Crippen LogP contribution in [-0.2, 0) is 14.0 Å². The smallest absolute Gasteiger partial charge is 0.330 e. The molecule has 0 bridgehead atoms. The summed E-state index contributed by atoms with van der Waals surface area (Å²) in [5.74, 6) is -1.29. The maximum atomic E-state index is 12.1. The molecule has 0 aliphatic heterocycles. The molecule has 1 N–H and O–H groups in total. The van der Waals surface area contributed by atoms with Crippen LogP contribution in [0.2, 0.25) is 17.1 Å². The van der Waals surface area contributed by atoms with Crippen molar-refractivity contribution in [1.29, 1.82) is 0 Å². The van der Waals surface area contributed by atoms with Crippen LogP contribution in [0.3, 0.4) is 0 Å². The van der Waals surface area contributed by atoms with E-state index in [1.54, 1.807) is 0 Å². The Hall–Kier alpha value is -1.10. The molecule has 0 heterocycles. The summed E-state index contributed by atoms with van der Waals surface area (Å²) in [6, 6.07) is 0.978. The predicted octanol–water partition coefficient (Wildman–Crippen LogP) is 4.52. The standard InChI is InChI=1S/C16H30O4Si/c1-7-8-11-21(12(2)3,13(4)5)20-15(17)10-9-14(6)16(18)19/h9,12-13H,7-8,10-11H2,1-6H3,(H,18,19). The van der Waals surface area contributed by atoms with Crippen LogP contribution in [-0.4, -0.2) is 25.4 Å². The van der Waals surface area contributed by atoms with Gasteiger partial charge in [0.2, 0.25) is 0 Å². The van der Waals surface area contributed by atoms with E-state index in [-0.39, 0.29) is 18.0 Å².